The van der Waals surface area contributed by atoms with E-state index in [-0.39, 0.29) is 12.1 Å². The molecular formula is C13H22N2O2. The van der Waals surface area contributed by atoms with Crippen molar-refractivity contribution in [3.05, 3.63) is 24.0 Å². The van der Waals surface area contributed by atoms with E-state index in [0.29, 0.717) is 0 Å². The Labute approximate surface area is 103 Å². The molecule has 1 aliphatic rings. The number of rotatable bonds is 5. The summed E-state index contributed by atoms with van der Waals surface area (Å²) in [7, 11) is 2.06. The lowest BCUT2D eigenvalue weighted by atomic mass is 9.87. The monoisotopic (exact) mass is 238 g/mol. The predicted molar refractivity (Wildman–Crippen MR) is 66.7 cm³/mol. The molecule has 0 aliphatic carbocycles. The fourth-order valence-corrected chi connectivity index (χ4v) is 2.45. The molecule has 2 heterocycles. The molecule has 0 bridgehead atoms. The summed E-state index contributed by atoms with van der Waals surface area (Å²) in [6.07, 6.45) is 4.83. The van der Waals surface area contributed by atoms with Crippen molar-refractivity contribution in [1.82, 2.24) is 9.88 Å². The largest absolute Gasteiger partial charge is 0.396 e. The smallest absolute Gasteiger partial charge is 0.0483 e. The van der Waals surface area contributed by atoms with E-state index in [2.05, 4.69) is 35.3 Å². The molecule has 1 fully saturated rings. The van der Waals surface area contributed by atoms with Crippen molar-refractivity contribution >= 4 is 0 Å². The summed E-state index contributed by atoms with van der Waals surface area (Å²) in [5.74, 6) is 0. The van der Waals surface area contributed by atoms with E-state index in [4.69, 9.17) is 4.74 Å². The fraction of sp³-hybridized carbons (Fsp3) is 0.692. The Kier molecular flexibility index (Phi) is 4.20. The Bertz CT molecular complexity index is 337. The molecular weight excluding hydrogens is 216 g/mol. The zero-order valence-corrected chi connectivity index (χ0v) is 10.5. The molecule has 4 nitrogen and oxygen atoms in total. The maximum atomic E-state index is 9.21. The van der Waals surface area contributed by atoms with Crippen LogP contribution in [0.25, 0.3) is 0 Å². The Morgan fingerprint density at radius 1 is 1.47 bits per heavy atom. The number of aromatic nitrogens is 1. The van der Waals surface area contributed by atoms with E-state index < -0.39 is 0 Å². The third kappa shape index (κ3) is 3.09. The molecule has 17 heavy (non-hydrogen) atoms. The third-order valence-corrected chi connectivity index (χ3v) is 3.74. The summed E-state index contributed by atoms with van der Waals surface area (Å²) in [4.78, 5) is 0. The van der Waals surface area contributed by atoms with Gasteiger partial charge >= 0.3 is 0 Å². The molecule has 4 heteroatoms. The fourth-order valence-electron chi connectivity index (χ4n) is 2.45. The van der Waals surface area contributed by atoms with E-state index in [1.165, 1.54) is 5.69 Å². The van der Waals surface area contributed by atoms with Crippen molar-refractivity contribution in [3.8, 4) is 0 Å². The van der Waals surface area contributed by atoms with Crippen LogP contribution in [0, 0.1) is 0 Å². The number of nitrogens with one attached hydrogen (secondary N) is 1. The first kappa shape index (κ1) is 12.6. The van der Waals surface area contributed by atoms with Crippen LogP contribution >= 0.6 is 0 Å². The summed E-state index contributed by atoms with van der Waals surface area (Å²) >= 11 is 0. The number of aliphatic hydroxyl groups is 1. The molecule has 1 saturated heterocycles. The topological polar surface area (TPSA) is 46.4 Å². The van der Waals surface area contributed by atoms with Gasteiger partial charge in [-0.3, -0.25) is 0 Å². The van der Waals surface area contributed by atoms with Crippen LogP contribution in [0.4, 0.5) is 0 Å². The van der Waals surface area contributed by atoms with Crippen molar-refractivity contribution in [2.75, 3.05) is 19.8 Å². The average Bonchev–Trinajstić information content (AvgIpc) is 2.74. The van der Waals surface area contributed by atoms with E-state index in [9.17, 15) is 5.11 Å². The average molecular weight is 238 g/mol. The first-order valence-corrected chi connectivity index (χ1v) is 6.30. The van der Waals surface area contributed by atoms with E-state index >= 15 is 0 Å². The van der Waals surface area contributed by atoms with Gasteiger partial charge in [-0.1, -0.05) is 0 Å². The molecule has 2 N–H and O–H groups in total. The Morgan fingerprint density at radius 3 is 2.82 bits per heavy atom. The van der Waals surface area contributed by atoms with Gasteiger partial charge in [0.1, 0.15) is 0 Å². The number of hydrogen-bond acceptors (Lipinski definition) is 3. The molecule has 0 aromatic carbocycles. The quantitative estimate of drug-likeness (QED) is 0.806. The molecule has 1 aliphatic heterocycles. The molecule has 0 amide bonds. The lowest BCUT2D eigenvalue weighted by Crippen LogP contribution is -2.49. The van der Waals surface area contributed by atoms with E-state index in [1.54, 1.807) is 0 Å². The third-order valence-electron chi connectivity index (χ3n) is 3.74. The minimum atomic E-state index is 0.0528. The minimum absolute atomic E-state index is 0.0528. The second kappa shape index (κ2) is 5.67. The Balaban J connectivity index is 1.95. The summed E-state index contributed by atoms with van der Waals surface area (Å²) in [6, 6.07) is 4.18. The highest BCUT2D eigenvalue weighted by Crippen LogP contribution is 2.24. The van der Waals surface area contributed by atoms with Crippen LogP contribution < -0.4 is 5.32 Å². The lowest BCUT2D eigenvalue weighted by molar-refractivity contribution is 0.0265. The first-order chi connectivity index (χ1) is 8.26. The minimum Gasteiger partial charge on any atom is -0.396 e. The van der Waals surface area contributed by atoms with Gasteiger partial charge in [-0.15, -0.1) is 0 Å². The molecule has 0 spiro atoms. The van der Waals surface area contributed by atoms with E-state index in [0.717, 1.165) is 39.0 Å². The maximum Gasteiger partial charge on any atom is 0.0483 e. The van der Waals surface area contributed by atoms with Crippen molar-refractivity contribution < 1.29 is 9.84 Å². The van der Waals surface area contributed by atoms with Crippen molar-refractivity contribution in [1.29, 1.82) is 0 Å². The molecule has 96 valence electrons. The second-order valence-electron chi connectivity index (χ2n) is 4.83. The Hall–Kier alpha value is -0.840. The van der Waals surface area contributed by atoms with Crippen LogP contribution in [0.15, 0.2) is 18.3 Å². The molecule has 0 atom stereocenters. The van der Waals surface area contributed by atoms with Gasteiger partial charge in [0.05, 0.1) is 0 Å². The molecule has 1 aromatic rings. The Morgan fingerprint density at radius 2 is 2.24 bits per heavy atom. The van der Waals surface area contributed by atoms with Gasteiger partial charge in [0.25, 0.3) is 0 Å². The number of aryl methyl sites for hydroxylation is 1. The van der Waals surface area contributed by atoms with Gasteiger partial charge in [0.15, 0.2) is 0 Å². The molecule has 0 radical (unpaired) electrons. The van der Waals surface area contributed by atoms with Crippen molar-refractivity contribution in [2.24, 2.45) is 7.05 Å². The highest BCUT2D eigenvalue weighted by molar-refractivity contribution is 5.07. The summed E-state index contributed by atoms with van der Waals surface area (Å²) in [5.41, 5.74) is 1.32. The van der Waals surface area contributed by atoms with Crippen LogP contribution in [0.1, 0.15) is 25.0 Å². The lowest BCUT2D eigenvalue weighted by Gasteiger charge is -2.38. The van der Waals surface area contributed by atoms with E-state index in [1.807, 2.05) is 0 Å². The van der Waals surface area contributed by atoms with Crippen LogP contribution in [0.2, 0.25) is 0 Å². The zero-order valence-electron chi connectivity index (χ0n) is 10.5. The second-order valence-corrected chi connectivity index (χ2v) is 4.83. The number of aliphatic hydroxyl groups excluding tert-OH is 1. The van der Waals surface area contributed by atoms with Crippen LogP contribution in [-0.2, 0) is 18.3 Å². The summed E-state index contributed by atoms with van der Waals surface area (Å²) < 4.78 is 7.53. The van der Waals surface area contributed by atoms with Gasteiger partial charge in [-0.25, -0.2) is 0 Å². The molecule has 1 aromatic heterocycles. The number of ether oxygens (including phenoxy) is 1. The maximum absolute atomic E-state index is 9.21. The zero-order chi connectivity index (χ0) is 12.1. The van der Waals surface area contributed by atoms with Gasteiger partial charge in [0.2, 0.25) is 0 Å². The summed E-state index contributed by atoms with van der Waals surface area (Å²) in [6.45, 7) is 2.67. The number of nitrogens with zero attached hydrogens (tertiary/aromatic N) is 1. The molecule has 0 unspecified atom stereocenters. The van der Waals surface area contributed by atoms with Crippen molar-refractivity contribution in [3.63, 3.8) is 0 Å². The number of hydrogen-bond donors (Lipinski definition) is 2. The summed E-state index contributed by atoms with van der Waals surface area (Å²) in [5, 5.41) is 12.8. The first-order valence-electron chi connectivity index (χ1n) is 6.30. The highest BCUT2D eigenvalue weighted by atomic mass is 16.5. The van der Waals surface area contributed by atoms with Gasteiger partial charge in [-0.2, -0.15) is 0 Å². The van der Waals surface area contributed by atoms with Gasteiger partial charge in [-0.05, 0) is 31.4 Å². The predicted octanol–water partition coefficient (Wildman–Crippen LogP) is 1.05. The van der Waals surface area contributed by atoms with Gasteiger partial charge in [0, 0.05) is 50.8 Å². The van der Waals surface area contributed by atoms with Crippen LogP contribution in [0.5, 0.6) is 0 Å². The van der Waals surface area contributed by atoms with Crippen LogP contribution in [0.3, 0.4) is 0 Å². The highest BCUT2D eigenvalue weighted by Gasteiger charge is 2.31. The normalized spacial score (nSPS) is 19.4. The molecule has 2 rings (SSSR count). The molecule has 0 saturated carbocycles. The van der Waals surface area contributed by atoms with Crippen LogP contribution in [-0.4, -0.2) is 35.0 Å². The SMILES string of the molecule is Cn1cccc1CNC1(CCO)CCOCC1. The van der Waals surface area contributed by atoms with Crippen molar-refractivity contribution in [2.45, 2.75) is 31.3 Å². The standard InChI is InChI=1S/C13H22N2O2/c1-15-7-2-3-12(15)11-14-13(4-8-16)5-9-17-10-6-13/h2-3,7,14,16H,4-6,8-11H2,1H3. The van der Waals surface area contributed by atoms with Gasteiger partial charge < -0.3 is 19.7 Å².